The number of benzene rings is 2. The van der Waals surface area contributed by atoms with E-state index < -0.39 is 0 Å². The molecular weight excluding hydrogens is 284 g/mol. The van der Waals surface area contributed by atoms with Crippen molar-refractivity contribution in [1.29, 1.82) is 0 Å². The zero-order valence-electron chi connectivity index (χ0n) is 13.5. The third kappa shape index (κ3) is 3.88. The molecule has 3 rings (SSSR count). The molecule has 1 aliphatic heterocycles. The molecule has 1 heterocycles. The van der Waals surface area contributed by atoms with Gasteiger partial charge in [0.1, 0.15) is 0 Å². The maximum atomic E-state index is 12.6. The quantitative estimate of drug-likeness (QED) is 0.639. The lowest BCUT2D eigenvalue weighted by Crippen LogP contribution is -2.44. The second-order valence-electron chi connectivity index (χ2n) is 5.92. The van der Waals surface area contributed by atoms with Crippen molar-refractivity contribution < 1.29 is 4.79 Å². The summed E-state index contributed by atoms with van der Waals surface area (Å²) in [6.45, 7) is 3.98. The summed E-state index contributed by atoms with van der Waals surface area (Å²) in [5.74, 6) is 0.0587. The first-order chi connectivity index (χ1) is 11.2. The maximum absolute atomic E-state index is 12.6. The third-order valence-corrected chi connectivity index (χ3v) is 4.24. The molecule has 0 radical (unpaired) electrons. The Kier molecular flexibility index (Phi) is 4.89. The number of ketones is 1. The molecule has 1 aliphatic rings. The van der Waals surface area contributed by atoms with Crippen LogP contribution in [0, 0.1) is 0 Å². The van der Waals surface area contributed by atoms with Gasteiger partial charge in [-0.05, 0) is 30.8 Å². The first kappa shape index (κ1) is 15.5. The number of allylic oxidation sites excluding steroid dienone is 1. The molecule has 0 atom stereocenters. The van der Waals surface area contributed by atoms with Crippen LogP contribution >= 0.6 is 0 Å². The molecule has 0 bridgehead atoms. The SMILES string of the molecule is CN1CCN(c2ccccc2C(=O)/C=C/c2ccccc2)CC1. The predicted octanol–water partition coefficient (Wildman–Crippen LogP) is 3.33. The van der Waals surface area contributed by atoms with E-state index in [0.29, 0.717) is 0 Å². The number of piperazine rings is 1. The number of carbonyl (C=O) groups excluding carboxylic acids is 1. The highest BCUT2D eigenvalue weighted by molar-refractivity contribution is 6.10. The van der Waals surface area contributed by atoms with Gasteiger partial charge in [-0.15, -0.1) is 0 Å². The average Bonchev–Trinajstić information content (AvgIpc) is 2.61. The van der Waals surface area contributed by atoms with Gasteiger partial charge in [-0.25, -0.2) is 0 Å². The maximum Gasteiger partial charge on any atom is 0.187 e. The monoisotopic (exact) mass is 306 g/mol. The largest absolute Gasteiger partial charge is 0.368 e. The van der Waals surface area contributed by atoms with Gasteiger partial charge in [0, 0.05) is 37.4 Å². The molecule has 3 heteroatoms. The number of hydrogen-bond donors (Lipinski definition) is 0. The summed E-state index contributed by atoms with van der Waals surface area (Å²) in [7, 11) is 2.14. The van der Waals surface area contributed by atoms with E-state index in [0.717, 1.165) is 43.0 Å². The third-order valence-electron chi connectivity index (χ3n) is 4.24. The van der Waals surface area contributed by atoms with Crippen LogP contribution in [0.5, 0.6) is 0 Å². The van der Waals surface area contributed by atoms with Crippen molar-refractivity contribution in [2.45, 2.75) is 0 Å². The molecule has 3 nitrogen and oxygen atoms in total. The minimum absolute atomic E-state index is 0.0587. The number of anilines is 1. The lowest BCUT2D eigenvalue weighted by molar-refractivity contribution is 0.104. The highest BCUT2D eigenvalue weighted by Gasteiger charge is 2.18. The number of carbonyl (C=O) groups is 1. The standard InChI is InChI=1S/C20H22N2O/c1-21-13-15-22(16-14-21)19-10-6-5-9-18(19)20(23)12-11-17-7-3-2-4-8-17/h2-12H,13-16H2,1H3/b12-11+. The van der Waals surface area contributed by atoms with Gasteiger partial charge in [0.15, 0.2) is 5.78 Å². The fourth-order valence-corrected chi connectivity index (χ4v) is 2.83. The van der Waals surface area contributed by atoms with E-state index in [1.165, 1.54) is 0 Å². The van der Waals surface area contributed by atoms with Crippen LogP contribution < -0.4 is 4.90 Å². The molecule has 0 N–H and O–H groups in total. The Morgan fingerprint density at radius 2 is 1.57 bits per heavy atom. The molecule has 118 valence electrons. The Morgan fingerprint density at radius 3 is 2.30 bits per heavy atom. The molecule has 23 heavy (non-hydrogen) atoms. The Balaban J connectivity index is 1.80. The minimum Gasteiger partial charge on any atom is -0.368 e. The number of hydrogen-bond acceptors (Lipinski definition) is 3. The van der Waals surface area contributed by atoms with Gasteiger partial charge in [0.2, 0.25) is 0 Å². The molecule has 0 spiro atoms. The summed E-state index contributed by atoms with van der Waals surface area (Å²) in [4.78, 5) is 17.2. The van der Waals surface area contributed by atoms with Crippen LogP contribution in [0.25, 0.3) is 6.08 Å². The van der Waals surface area contributed by atoms with E-state index in [1.54, 1.807) is 6.08 Å². The van der Waals surface area contributed by atoms with E-state index >= 15 is 0 Å². The Morgan fingerprint density at radius 1 is 0.913 bits per heavy atom. The van der Waals surface area contributed by atoms with Crippen molar-refractivity contribution in [3.8, 4) is 0 Å². The van der Waals surface area contributed by atoms with Gasteiger partial charge in [0.25, 0.3) is 0 Å². The van der Waals surface area contributed by atoms with Gasteiger partial charge in [0.05, 0.1) is 0 Å². The van der Waals surface area contributed by atoms with E-state index in [-0.39, 0.29) is 5.78 Å². The summed E-state index contributed by atoms with van der Waals surface area (Å²) in [5, 5.41) is 0. The minimum atomic E-state index is 0.0587. The zero-order chi connectivity index (χ0) is 16.1. The molecule has 0 amide bonds. The van der Waals surface area contributed by atoms with Gasteiger partial charge in [-0.1, -0.05) is 48.5 Å². The molecule has 0 aliphatic carbocycles. The Labute approximate surface area is 137 Å². The number of para-hydroxylation sites is 1. The van der Waals surface area contributed by atoms with Gasteiger partial charge >= 0.3 is 0 Å². The summed E-state index contributed by atoms with van der Waals surface area (Å²) in [5.41, 5.74) is 2.87. The predicted molar refractivity (Wildman–Crippen MR) is 96.0 cm³/mol. The highest BCUT2D eigenvalue weighted by Crippen LogP contribution is 2.22. The van der Waals surface area contributed by atoms with Crippen LogP contribution in [0.15, 0.2) is 60.7 Å². The van der Waals surface area contributed by atoms with Gasteiger partial charge < -0.3 is 9.80 Å². The summed E-state index contributed by atoms with van der Waals surface area (Å²) < 4.78 is 0. The summed E-state index contributed by atoms with van der Waals surface area (Å²) >= 11 is 0. The highest BCUT2D eigenvalue weighted by atomic mass is 16.1. The first-order valence-electron chi connectivity index (χ1n) is 8.04. The smallest absolute Gasteiger partial charge is 0.187 e. The van der Waals surface area contributed by atoms with E-state index in [4.69, 9.17) is 0 Å². The number of likely N-dealkylation sites (N-methyl/N-ethyl adjacent to an activating group) is 1. The number of nitrogens with zero attached hydrogens (tertiary/aromatic N) is 2. The van der Waals surface area contributed by atoms with Crippen LogP contribution in [0.1, 0.15) is 15.9 Å². The molecule has 2 aromatic carbocycles. The van der Waals surface area contributed by atoms with Crippen molar-refractivity contribution >= 4 is 17.5 Å². The van der Waals surface area contributed by atoms with Crippen LogP contribution in [-0.4, -0.2) is 43.9 Å². The average molecular weight is 306 g/mol. The Hall–Kier alpha value is -2.39. The second kappa shape index (κ2) is 7.25. The van der Waals surface area contributed by atoms with Crippen molar-refractivity contribution in [1.82, 2.24) is 4.90 Å². The van der Waals surface area contributed by atoms with Crippen molar-refractivity contribution in [2.24, 2.45) is 0 Å². The first-order valence-corrected chi connectivity index (χ1v) is 8.04. The topological polar surface area (TPSA) is 23.6 Å². The van der Waals surface area contributed by atoms with Crippen LogP contribution in [0.3, 0.4) is 0 Å². The zero-order valence-corrected chi connectivity index (χ0v) is 13.5. The fourth-order valence-electron chi connectivity index (χ4n) is 2.83. The van der Waals surface area contributed by atoms with Gasteiger partial charge in [-0.2, -0.15) is 0 Å². The molecule has 1 fully saturated rings. The summed E-state index contributed by atoms with van der Waals surface area (Å²) in [6, 6.07) is 17.8. The van der Waals surface area contributed by atoms with E-state index in [9.17, 15) is 4.79 Å². The lowest BCUT2D eigenvalue weighted by Gasteiger charge is -2.34. The van der Waals surface area contributed by atoms with Crippen LogP contribution in [0.4, 0.5) is 5.69 Å². The van der Waals surface area contributed by atoms with Crippen molar-refractivity contribution in [3.05, 3.63) is 71.8 Å². The second-order valence-corrected chi connectivity index (χ2v) is 5.92. The molecule has 1 saturated heterocycles. The van der Waals surface area contributed by atoms with Crippen LogP contribution in [0.2, 0.25) is 0 Å². The van der Waals surface area contributed by atoms with Crippen molar-refractivity contribution in [2.75, 3.05) is 38.1 Å². The lowest BCUT2D eigenvalue weighted by atomic mass is 10.1. The van der Waals surface area contributed by atoms with Crippen LogP contribution in [-0.2, 0) is 0 Å². The van der Waals surface area contributed by atoms with Gasteiger partial charge in [-0.3, -0.25) is 4.79 Å². The summed E-state index contributed by atoms with van der Waals surface area (Å²) in [6.07, 6.45) is 3.55. The molecule has 2 aromatic rings. The van der Waals surface area contributed by atoms with E-state index in [1.807, 2.05) is 54.6 Å². The molecular formula is C20H22N2O. The molecule has 0 saturated carbocycles. The molecule has 0 unspecified atom stereocenters. The van der Waals surface area contributed by atoms with Crippen molar-refractivity contribution in [3.63, 3.8) is 0 Å². The van der Waals surface area contributed by atoms with E-state index in [2.05, 4.69) is 22.9 Å². The molecule has 0 aromatic heterocycles. The number of rotatable bonds is 4. The fraction of sp³-hybridized carbons (Fsp3) is 0.250. The Bertz CT molecular complexity index is 686. The normalized spacial score (nSPS) is 16.0.